The Bertz CT molecular complexity index is 339. The van der Waals surface area contributed by atoms with Crippen LogP contribution in [0.2, 0.25) is 0 Å². The Balaban J connectivity index is 2.92. The number of H-pyrrole nitrogens is 1. The lowest BCUT2D eigenvalue weighted by Gasteiger charge is -2.07. The van der Waals surface area contributed by atoms with Crippen LogP contribution in [0.3, 0.4) is 0 Å². The lowest BCUT2D eigenvalue weighted by molar-refractivity contribution is 0.0822. The van der Waals surface area contributed by atoms with Gasteiger partial charge in [0.2, 0.25) is 0 Å². The van der Waals surface area contributed by atoms with Crippen LogP contribution in [0.1, 0.15) is 27.8 Å². The molecule has 0 spiro atoms. The van der Waals surface area contributed by atoms with Crippen LogP contribution < -0.4 is 0 Å². The van der Waals surface area contributed by atoms with E-state index in [1.807, 2.05) is 0 Å². The van der Waals surface area contributed by atoms with E-state index in [-0.39, 0.29) is 11.7 Å². The fourth-order valence-electron chi connectivity index (χ4n) is 0.962. The summed E-state index contributed by atoms with van der Waals surface area (Å²) < 4.78 is 0. The number of carbonyl (C=O) groups is 2. The van der Waals surface area contributed by atoms with Gasteiger partial charge in [-0.2, -0.15) is 0 Å². The first-order valence-corrected chi connectivity index (χ1v) is 3.93. The van der Waals surface area contributed by atoms with Crippen molar-refractivity contribution in [3.8, 4) is 0 Å². The van der Waals surface area contributed by atoms with E-state index in [9.17, 15) is 9.59 Å². The van der Waals surface area contributed by atoms with Crippen LogP contribution in [-0.2, 0) is 0 Å². The van der Waals surface area contributed by atoms with Crippen LogP contribution in [0.15, 0.2) is 12.3 Å². The van der Waals surface area contributed by atoms with Crippen LogP contribution in [0.25, 0.3) is 0 Å². The smallest absolute Gasteiger partial charge is 0.269 e. The molecular weight excluding hydrogens is 168 g/mol. The Kier molecular flexibility index (Phi) is 2.51. The normalized spacial score (nSPS) is 9.77. The number of rotatable bonds is 2. The predicted molar refractivity (Wildman–Crippen MR) is 48.8 cm³/mol. The van der Waals surface area contributed by atoms with Gasteiger partial charge in [0.25, 0.3) is 5.91 Å². The standard InChI is InChI=1S/C9H12N2O2/c1-6(12)7-4-8(10-5-7)9(13)11(2)3/h4-5,10H,1-3H3. The molecule has 0 aromatic carbocycles. The highest BCUT2D eigenvalue weighted by atomic mass is 16.2. The molecule has 1 N–H and O–H groups in total. The molecule has 0 atom stereocenters. The first kappa shape index (κ1) is 9.51. The van der Waals surface area contributed by atoms with Crippen molar-refractivity contribution in [2.24, 2.45) is 0 Å². The van der Waals surface area contributed by atoms with Crippen LogP contribution in [0.4, 0.5) is 0 Å². The third kappa shape index (κ3) is 1.96. The van der Waals surface area contributed by atoms with Crippen molar-refractivity contribution >= 4 is 11.7 Å². The zero-order valence-electron chi connectivity index (χ0n) is 7.92. The predicted octanol–water partition coefficient (Wildman–Crippen LogP) is 0.919. The lowest BCUT2D eigenvalue weighted by Crippen LogP contribution is -2.21. The first-order valence-electron chi connectivity index (χ1n) is 3.93. The highest BCUT2D eigenvalue weighted by molar-refractivity contribution is 5.98. The number of nitrogens with zero attached hydrogens (tertiary/aromatic N) is 1. The number of nitrogens with one attached hydrogen (secondary N) is 1. The molecule has 0 bridgehead atoms. The van der Waals surface area contributed by atoms with E-state index in [0.717, 1.165) is 0 Å². The Morgan fingerprint density at radius 3 is 2.38 bits per heavy atom. The van der Waals surface area contributed by atoms with E-state index < -0.39 is 0 Å². The van der Waals surface area contributed by atoms with Gasteiger partial charge in [0, 0.05) is 25.9 Å². The molecule has 1 heterocycles. The fraction of sp³-hybridized carbons (Fsp3) is 0.333. The van der Waals surface area contributed by atoms with Crippen molar-refractivity contribution in [3.05, 3.63) is 23.5 Å². The average molecular weight is 180 g/mol. The van der Waals surface area contributed by atoms with Gasteiger partial charge in [0.15, 0.2) is 5.78 Å². The van der Waals surface area contributed by atoms with Crippen LogP contribution in [0.5, 0.6) is 0 Å². The number of amides is 1. The molecule has 4 heteroatoms. The molecule has 0 aliphatic heterocycles. The third-order valence-corrected chi connectivity index (χ3v) is 1.73. The van der Waals surface area contributed by atoms with E-state index in [1.54, 1.807) is 26.4 Å². The molecule has 13 heavy (non-hydrogen) atoms. The zero-order valence-corrected chi connectivity index (χ0v) is 7.92. The second-order valence-corrected chi connectivity index (χ2v) is 3.06. The van der Waals surface area contributed by atoms with E-state index in [1.165, 1.54) is 11.8 Å². The number of hydrogen-bond donors (Lipinski definition) is 1. The molecule has 0 fully saturated rings. The van der Waals surface area contributed by atoms with Crippen molar-refractivity contribution in [1.29, 1.82) is 0 Å². The van der Waals surface area contributed by atoms with Crippen molar-refractivity contribution in [1.82, 2.24) is 9.88 Å². The summed E-state index contributed by atoms with van der Waals surface area (Å²) >= 11 is 0. The van der Waals surface area contributed by atoms with E-state index in [4.69, 9.17) is 0 Å². The molecule has 0 saturated carbocycles. The second-order valence-electron chi connectivity index (χ2n) is 3.06. The van der Waals surface area contributed by atoms with Gasteiger partial charge in [-0.05, 0) is 13.0 Å². The summed E-state index contributed by atoms with van der Waals surface area (Å²) in [6, 6.07) is 1.56. The maximum atomic E-state index is 11.4. The van der Waals surface area contributed by atoms with Gasteiger partial charge >= 0.3 is 0 Å². The number of carbonyl (C=O) groups excluding carboxylic acids is 2. The van der Waals surface area contributed by atoms with Crippen molar-refractivity contribution in [2.75, 3.05) is 14.1 Å². The van der Waals surface area contributed by atoms with Crippen molar-refractivity contribution < 1.29 is 9.59 Å². The summed E-state index contributed by atoms with van der Waals surface area (Å²) in [5, 5.41) is 0. The third-order valence-electron chi connectivity index (χ3n) is 1.73. The monoisotopic (exact) mass is 180 g/mol. The minimum atomic E-state index is -0.132. The van der Waals surface area contributed by atoms with Crippen LogP contribution in [-0.4, -0.2) is 35.7 Å². The Labute approximate surface area is 76.5 Å². The Hall–Kier alpha value is -1.58. The molecule has 0 saturated heterocycles. The quantitative estimate of drug-likeness (QED) is 0.688. The van der Waals surface area contributed by atoms with Gasteiger partial charge in [-0.15, -0.1) is 0 Å². The largest absolute Gasteiger partial charge is 0.356 e. The summed E-state index contributed by atoms with van der Waals surface area (Å²) in [5.41, 5.74) is 0.973. The molecule has 0 unspecified atom stereocenters. The van der Waals surface area contributed by atoms with Crippen LogP contribution >= 0.6 is 0 Å². The molecule has 1 aromatic heterocycles. The molecule has 1 amide bonds. The number of aromatic amines is 1. The maximum Gasteiger partial charge on any atom is 0.269 e. The molecular formula is C9H12N2O2. The summed E-state index contributed by atoms with van der Waals surface area (Å²) in [6.45, 7) is 1.47. The average Bonchev–Trinajstić information content (AvgIpc) is 2.50. The van der Waals surface area contributed by atoms with Gasteiger partial charge in [0.1, 0.15) is 5.69 Å². The van der Waals surface area contributed by atoms with Gasteiger partial charge in [-0.1, -0.05) is 0 Å². The van der Waals surface area contributed by atoms with E-state index >= 15 is 0 Å². The van der Waals surface area contributed by atoms with E-state index in [0.29, 0.717) is 11.3 Å². The minimum absolute atomic E-state index is 0.0472. The molecule has 4 nitrogen and oxygen atoms in total. The highest BCUT2D eigenvalue weighted by Gasteiger charge is 2.11. The molecule has 1 rings (SSSR count). The summed E-state index contributed by atoms with van der Waals surface area (Å²) in [5.74, 6) is -0.179. The fourth-order valence-corrected chi connectivity index (χ4v) is 0.962. The summed E-state index contributed by atoms with van der Waals surface area (Å²) in [6.07, 6.45) is 1.54. The lowest BCUT2D eigenvalue weighted by atomic mass is 10.2. The summed E-state index contributed by atoms with van der Waals surface area (Å²) in [7, 11) is 3.33. The molecule has 1 aromatic rings. The molecule has 0 radical (unpaired) electrons. The Morgan fingerprint density at radius 1 is 1.38 bits per heavy atom. The number of ketones is 1. The number of Topliss-reactive ketones (excluding diaryl/α,β-unsaturated/α-hetero) is 1. The topological polar surface area (TPSA) is 53.2 Å². The number of aromatic nitrogens is 1. The van der Waals surface area contributed by atoms with Crippen LogP contribution in [0, 0.1) is 0 Å². The van der Waals surface area contributed by atoms with Crippen molar-refractivity contribution in [3.63, 3.8) is 0 Å². The molecule has 70 valence electrons. The van der Waals surface area contributed by atoms with Gasteiger partial charge in [0.05, 0.1) is 0 Å². The second kappa shape index (κ2) is 3.43. The molecule has 0 aliphatic rings. The minimum Gasteiger partial charge on any atom is -0.356 e. The zero-order chi connectivity index (χ0) is 10.0. The van der Waals surface area contributed by atoms with E-state index in [2.05, 4.69) is 4.98 Å². The Morgan fingerprint density at radius 2 is 2.00 bits per heavy atom. The van der Waals surface area contributed by atoms with Crippen molar-refractivity contribution in [2.45, 2.75) is 6.92 Å². The highest BCUT2D eigenvalue weighted by Crippen LogP contribution is 2.05. The van der Waals surface area contributed by atoms with Gasteiger partial charge < -0.3 is 9.88 Å². The maximum absolute atomic E-state index is 11.4. The van der Waals surface area contributed by atoms with Gasteiger partial charge in [-0.3, -0.25) is 9.59 Å². The SMILES string of the molecule is CC(=O)c1c[nH]c(C(=O)N(C)C)c1. The summed E-state index contributed by atoms with van der Waals surface area (Å²) in [4.78, 5) is 26.5. The van der Waals surface area contributed by atoms with Gasteiger partial charge in [-0.25, -0.2) is 0 Å². The number of hydrogen-bond acceptors (Lipinski definition) is 2. The first-order chi connectivity index (χ1) is 6.02. The molecule has 0 aliphatic carbocycles.